The molecule has 1 atom stereocenters. The summed E-state index contributed by atoms with van der Waals surface area (Å²) < 4.78 is 11.6. The third kappa shape index (κ3) is 4.59. The van der Waals surface area contributed by atoms with Gasteiger partial charge in [-0.3, -0.25) is 9.59 Å². The van der Waals surface area contributed by atoms with E-state index in [9.17, 15) is 9.59 Å². The summed E-state index contributed by atoms with van der Waals surface area (Å²) in [7, 11) is 0. The van der Waals surface area contributed by atoms with Gasteiger partial charge in [0.15, 0.2) is 0 Å². The van der Waals surface area contributed by atoms with Gasteiger partial charge >= 0.3 is 0 Å². The maximum atomic E-state index is 13.0. The number of benzene rings is 3. The highest BCUT2D eigenvalue weighted by Gasteiger charge is 2.23. The number of anilines is 2. The fraction of sp³-hybridized carbons (Fsp3) is 0.231. The number of rotatable bonds is 6. The third-order valence-corrected chi connectivity index (χ3v) is 5.33. The van der Waals surface area contributed by atoms with Crippen LogP contribution in [0.4, 0.5) is 11.4 Å². The van der Waals surface area contributed by atoms with Gasteiger partial charge < -0.3 is 20.1 Å². The van der Waals surface area contributed by atoms with Crippen molar-refractivity contribution in [2.45, 2.75) is 33.3 Å². The van der Waals surface area contributed by atoms with Crippen molar-refractivity contribution in [3.8, 4) is 11.5 Å². The Hall–Kier alpha value is -3.80. The van der Waals surface area contributed by atoms with Gasteiger partial charge in [-0.2, -0.15) is 0 Å². The molecule has 1 aliphatic rings. The van der Waals surface area contributed by atoms with Crippen LogP contribution in [0.1, 0.15) is 45.7 Å². The Morgan fingerprint density at radius 2 is 1.69 bits per heavy atom. The van der Waals surface area contributed by atoms with Gasteiger partial charge in [0.25, 0.3) is 11.8 Å². The van der Waals surface area contributed by atoms with Crippen molar-refractivity contribution in [1.29, 1.82) is 0 Å². The van der Waals surface area contributed by atoms with Crippen molar-refractivity contribution < 1.29 is 19.1 Å². The van der Waals surface area contributed by atoms with Crippen LogP contribution in [-0.2, 0) is 6.42 Å². The SMILES string of the molecule is CCOc1cc2c(cc1NC(=O)c1ccc(C)c(NC(=O)c3ccccc3)c1)OC(C)C2. The largest absolute Gasteiger partial charge is 0.492 e. The van der Waals surface area contributed by atoms with Crippen LogP contribution in [-0.4, -0.2) is 24.5 Å². The Bertz CT molecular complexity index is 1160. The van der Waals surface area contributed by atoms with Crippen LogP contribution in [0.2, 0.25) is 0 Å². The van der Waals surface area contributed by atoms with Gasteiger partial charge in [-0.15, -0.1) is 0 Å². The Kier molecular flexibility index (Phi) is 6.12. The second-order valence-electron chi connectivity index (χ2n) is 7.83. The zero-order valence-electron chi connectivity index (χ0n) is 18.4. The number of hydrogen-bond donors (Lipinski definition) is 2. The van der Waals surface area contributed by atoms with Crippen molar-refractivity contribution in [2.24, 2.45) is 0 Å². The van der Waals surface area contributed by atoms with Crippen molar-refractivity contribution in [3.05, 3.63) is 82.9 Å². The summed E-state index contributed by atoms with van der Waals surface area (Å²) in [5.74, 6) is 0.847. The smallest absolute Gasteiger partial charge is 0.255 e. The minimum atomic E-state index is -0.299. The first-order chi connectivity index (χ1) is 15.4. The first-order valence-corrected chi connectivity index (χ1v) is 10.7. The molecule has 1 heterocycles. The second-order valence-corrected chi connectivity index (χ2v) is 7.83. The molecule has 1 aliphatic heterocycles. The highest BCUT2D eigenvalue weighted by atomic mass is 16.5. The van der Waals surface area contributed by atoms with Gasteiger partial charge in [-0.25, -0.2) is 0 Å². The van der Waals surface area contributed by atoms with Crippen LogP contribution in [0, 0.1) is 6.92 Å². The van der Waals surface area contributed by atoms with Crippen molar-refractivity contribution in [2.75, 3.05) is 17.2 Å². The minimum absolute atomic E-state index is 0.0957. The molecule has 0 aliphatic carbocycles. The summed E-state index contributed by atoms with van der Waals surface area (Å²) in [4.78, 5) is 25.6. The second kappa shape index (κ2) is 9.14. The highest BCUT2D eigenvalue weighted by Crippen LogP contribution is 2.38. The number of amides is 2. The van der Waals surface area contributed by atoms with Gasteiger partial charge in [0.1, 0.15) is 17.6 Å². The molecule has 2 N–H and O–H groups in total. The molecule has 0 aromatic heterocycles. The molecule has 0 spiro atoms. The van der Waals surface area contributed by atoms with E-state index in [2.05, 4.69) is 10.6 Å². The molecule has 6 nitrogen and oxygen atoms in total. The Morgan fingerprint density at radius 1 is 0.969 bits per heavy atom. The molecular formula is C26H26N2O4. The van der Waals surface area contributed by atoms with E-state index < -0.39 is 0 Å². The van der Waals surface area contributed by atoms with Gasteiger partial charge in [0.05, 0.1) is 12.3 Å². The van der Waals surface area contributed by atoms with Gasteiger partial charge in [0, 0.05) is 34.9 Å². The molecule has 3 aromatic carbocycles. The number of carbonyl (C=O) groups is 2. The molecule has 4 rings (SSSR count). The topological polar surface area (TPSA) is 76.7 Å². The average Bonchev–Trinajstić information content (AvgIpc) is 3.15. The molecular weight excluding hydrogens is 404 g/mol. The lowest BCUT2D eigenvalue weighted by molar-refractivity contribution is 0.101. The molecule has 0 fully saturated rings. The van der Waals surface area contributed by atoms with Crippen LogP contribution in [0.25, 0.3) is 0 Å². The van der Waals surface area contributed by atoms with Gasteiger partial charge in [-0.05, 0) is 56.7 Å². The van der Waals surface area contributed by atoms with E-state index in [0.29, 0.717) is 34.9 Å². The summed E-state index contributed by atoms with van der Waals surface area (Å²) in [6.07, 6.45) is 0.907. The molecule has 3 aromatic rings. The quantitative estimate of drug-likeness (QED) is 0.562. The van der Waals surface area contributed by atoms with E-state index >= 15 is 0 Å². The highest BCUT2D eigenvalue weighted by molar-refractivity contribution is 6.08. The first kappa shape index (κ1) is 21.4. The van der Waals surface area contributed by atoms with E-state index in [1.165, 1.54) is 0 Å². The molecule has 0 saturated carbocycles. The number of ether oxygens (including phenoxy) is 2. The van der Waals surface area contributed by atoms with Crippen LogP contribution < -0.4 is 20.1 Å². The van der Waals surface area contributed by atoms with Crippen molar-refractivity contribution >= 4 is 23.2 Å². The Labute approximate surface area is 187 Å². The van der Waals surface area contributed by atoms with E-state index in [0.717, 1.165) is 23.3 Å². The van der Waals surface area contributed by atoms with Crippen LogP contribution >= 0.6 is 0 Å². The maximum absolute atomic E-state index is 13.0. The average molecular weight is 431 g/mol. The lowest BCUT2D eigenvalue weighted by Gasteiger charge is -2.15. The normalized spacial score (nSPS) is 14.3. The Balaban J connectivity index is 1.56. The van der Waals surface area contributed by atoms with E-state index in [1.54, 1.807) is 24.3 Å². The predicted octanol–water partition coefficient (Wildman–Crippen LogP) is 5.22. The molecule has 0 bridgehead atoms. The number of aryl methyl sites for hydroxylation is 1. The number of fused-ring (bicyclic) bond motifs is 1. The predicted molar refractivity (Wildman–Crippen MR) is 125 cm³/mol. The standard InChI is InChI=1S/C26H26N2O4/c1-4-31-24-14-20-12-17(3)32-23(20)15-22(24)28-26(30)19-11-10-16(2)21(13-19)27-25(29)18-8-6-5-7-9-18/h5-11,13-15,17H,4,12H2,1-3H3,(H,27,29)(H,28,30). The summed E-state index contributed by atoms with van der Waals surface area (Å²) in [6, 6.07) is 17.9. The molecule has 0 saturated heterocycles. The summed E-state index contributed by atoms with van der Waals surface area (Å²) in [5.41, 5.74) is 4.05. The molecule has 0 radical (unpaired) electrons. The lowest BCUT2D eigenvalue weighted by atomic mass is 10.1. The molecule has 2 amide bonds. The monoisotopic (exact) mass is 430 g/mol. The number of carbonyl (C=O) groups excluding carboxylic acids is 2. The first-order valence-electron chi connectivity index (χ1n) is 10.7. The molecule has 6 heteroatoms. The van der Waals surface area contributed by atoms with Crippen LogP contribution in [0.15, 0.2) is 60.7 Å². The lowest BCUT2D eigenvalue weighted by Crippen LogP contribution is -2.16. The van der Waals surface area contributed by atoms with Crippen molar-refractivity contribution in [3.63, 3.8) is 0 Å². The minimum Gasteiger partial charge on any atom is -0.492 e. The molecule has 164 valence electrons. The summed E-state index contributed by atoms with van der Waals surface area (Å²) in [5, 5.41) is 5.82. The fourth-order valence-corrected chi connectivity index (χ4v) is 3.69. The number of hydrogen-bond acceptors (Lipinski definition) is 4. The summed E-state index contributed by atoms with van der Waals surface area (Å²) in [6.45, 7) is 6.28. The van der Waals surface area contributed by atoms with E-state index in [4.69, 9.17) is 9.47 Å². The van der Waals surface area contributed by atoms with Gasteiger partial charge in [-0.1, -0.05) is 24.3 Å². The van der Waals surface area contributed by atoms with Crippen molar-refractivity contribution in [1.82, 2.24) is 0 Å². The number of nitrogens with one attached hydrogen (secondary N) is 2. The fourth-order valence-electron chi connectivity index (χ4n) is 3.69. The van der Waals surface area contributed by atoms with Gasteiger partial charge in [0.2, 0.25) is 0 Å². The summed E-state index contributed by atoms with van der Waals surface area (Å²) >= 11 is 0. The van der Waals surface area contributed by atoms with Crippen LogP contribution in [0.5, 0.6) is 11.5 Å². The Morgan fingerprint density at radius 3 is 2.44 bits per heavy atom. The zero-order valence-corrected chi connectivity index (χ0v) is 18.4. The molecule has 1 unspecified atom stereocenters. The maximum Gasteiger partial charge on any atom is 0.255 e. The third-order valence-electron chi connectivity index (χ3n) is 5.33. The van der Waals surface area contributed by atoms with E-state index in [1.807, 2.05) is 57.2 Å². The van der Waals surface area contributed by atoms with E-state index in [-0.39, 0.29) is 17.9 Å². The zero-order chi connectivity index (χ0) is 22.7. The van der Waals surface area contributed by atoms with Crippen LogP contribution in [0.3, 0.4) is 0 Å². The molecule has 32 heavy (non-hydrogen) atoms.